The number of rotatable bonds is 3. The van der Waals surface area contributed by atoms with E-state index in [9.17, 15) is 5.26 Å². The third-order valence-corrected chi connectivity index (χ3v) is 7.45. The zero-order valence-electron chi connectivity index (χ0n) is 22.2. The van der Waals surface area contributed by atoms with E-state index in [1.165, 1.54) is 12.4 Å². The molecule has 1 aromatic carbocycles. The number of hydrogen-bond acceptors (Lipinski definition) is 6. The molecule has 0 aliphatic carbocycles. The van der Waals surface area contributed by atoms with Crippen LogP contribution in [0.15, 0.2) is 55.1 Å². The summed E-state index contributed by atoms with van der Waals surface area (Å²) in [6.07, 6.45) is 4.91. The van der Waals surface area contributed by atoms with E-state index < -0.39 is 5.54 Å². The van der Waals surface area contributed by atoms with E-state index in [-0.39, 0.29) is 17.3 Å². The SMILES string of the molecule is [2H]N1C[C@H](C)N(c2ncnc3c2c(-c2ccccc2F)cn3-c2cc(C#N)ccn2)C[C@@]1(C)C(C)(C)C. The van der Waals surface area contributed by atoms with Crippen molar-refractivity contribution >= 4 is 16.9 Å². The highest BCUT2D eigenvalue weighted by Gasteiger charge is 2.43. The highest BCUT2D eigenvalue weighted by molar-refractivity contribution is 6.02. The van der Waals surface area contributed by atoms with Crippen LogP contribution in [0.3, 0.4) is 0 Å². The first-order chi connectivity index (χ1) is 17.5. The monoisotopic (exact) mass is 484 g/mol. The summed E-state index contributed by atoms with van der Waals surface area (Å²) in [6.45, 7) is 11.7. The molecule has 0 unspecified atom stereocenters. The molecule has 4 heterocycles. The Kier molecular flexibility index (Phi) is 5.45. The summed E-state index contributed by atoms with van der Waals surface area (Å²) in [5, 5.41) is 11.8. The zero-order chi connectivity index (χ0) is 26.5. The minimum atomic E-state index is -0.458. The molecule has 36 heavy (non-hydrogen) atoms. The van der Waals surface area contributed by atoms with Gasteiger partial charge in [0, 0.05) is 48.2 Å². The van der Waals surface area contributed by atoms with Gasteiger partial charge in [0.15, 0.2) is 5.65 Å². The lowest BCUT2D eigenvalue weighted by molar-refractivity contribution is 0.136. The van der Waals surface area contributed by atoms with Crippen LogP contribution < -0.4 is 10.2 Å². The molecule has 0 saturated carbocycles. The van der Waals surface area contributed by atoms with Crippen LogP contribution in [0.4, 0.5) is 10.2 Å². The van der Waals surface area contributed by atoms with Gasteiger partial charge in [-0.05, 0) is 37.5 Å². The standard InChI is InChI=1S/C28H30FN7/c1-18-14-34-28(5,27(2,3)4)16-36(18)26-24-21(20-8-6-7-9-22(20)29)15-35(25(24)32-17-33-26)23-12-19(13-30)10-11-31-23/h6-12,15,17-18,34H,14,16H2,1-5H3/t18-,28-/m0/s1/i/hD. The van der Waals surface area contributed by atoms with E-state index in [0.29, 0.717) is 52.4 Å². The number of nitrogens with one attached hydrogen (secondary N) is 1. The second-order valence-corrected chi connectivity index (χ2v) is 10.6. The fourth-order valence-electron chi connectivity index (χ4n) is 4.67. The number of benzene rings is 1. The number of hydrogen-bond donors (Lipinski definition) is 1. The van der Waals surface area contributed by atoms with E-state index in [1.807, 2.05) is 6.20 Å². The van der Waals surface area contributed by atoms with Crippen LogP contribution in [0.5, 0.6) is 0 Å². The van der Waals surface area contributed by atoms with Gasteiger partial charge < -0.3 is 10.2 Å². The van der Waals surface area contributed by atoms with Crippen molar-refractivity contribution in [3.63, 3.8) is 0 Å². The summed E-state index contributed by atoms with van der Waals surface area (Å²) in [7, 11) is 0. The maximum Gasteiger partial charge on any atom is 0.151 e. The van der Waals surface area contributed by atoms with Crippen LogP contribution in [0, 0.1) is 22.6 Å². The Labute approximate surface area is 212 Å². The zero-order valence-corrected chi connectivity index (χ0v) is 21.2. The molecule has 0 radical (unpaired) electrons. The van der Waals surface area contributed by atoms with Gasteiger partial charge in [-0.25, -0.2) is 19.3 Å². The van der Waals surface area contributed by atoms with Crippen molar-refractivity contribution in [2.45, 2.75) is 46.2 Å². The topological polar surface area (TPSA) is 82.7 Å². The maximum absolute atomic E-state index is 15.2. The first-order valence-corrected chi connectivity index (χ1v) is 12.1. The van der Waals surface area contributed by atoms with Crippen LogP contribution in [0.2, 0.25) is 1.41 Å². The molecule has 7 nitrogen and oxygen atoms in total. The minimum Gasteiger partial charge on any atom is -0.350 e. The Morgan fingerprint density at radius 1 is 1.19 bits per heavy atom. The van der Waals surface area contributed by atoms with E-state index in [4.69, 9.17) is 6.40 Å². The lowest BCUT2D eigenvalue weighted by Gasteiger charge is -2.52. The number of fused-ring (bicyclic) bond motifs is 1. The van der Waals surface area contributed by atoms with Crippen molar-refractivity contribution in [3.05, 3.63) is 66.5 Å². The Morgan fingerprint density at radius 2 is 1.97 bits per heavy atom. The van der Waals surface area contributed by atoms with Gasteiger partial charge in [-0.3, -0.25) is 4.57 Å². The molecule has 3 aromatic heterocycles. The van der Waals surface area contributed by atoms with Crippen LogP contribution in [0.1, 0.15) is 40.2 Å². The lowest BCUT2D eigenvalue weighted by atomic mass is 9.73. The van der Waals surface area contributed by atoms with Gasteiger partial charge in [0.05, 0.1) is 17.0 Å². The Hall–Kier alpha value is -3.83. The molecular weight excluding hydrogens is 453 g/mol. The molecule has 1 aliphatic heterocycles. The van der Waals surface area contributed by atoms with E-state index in [0.717, 1.165) is 0 Å². The summed E-state index contributed by atoms with van der Waals surface area (Å²) >= 11 is 0. The van der Waals surface area contributed by atoms with E-state index >= 15 is 4.39 Å². The number of pyridine rings is 1. The van der Waals surface area contributed by atoms with Crippen molar-refractivity contribution < 1.29 is 5.80 Å². The Bertz CT molecular complexity index is 1520. The summed E-state index contributed by atoms with van der Waals surface area (Å²) in [5.41, 5.74) is 1.48. The number of nitriles is 1. The van der Waals surface area contributed by atoms with Gasteiger partial charge in [-0.2, -0.15) is 5.26 Å². The van der Waals surface area contributed by atoms with Crippen molar-refractivity contribution in [3.8, 4) is 23.0 Å². The Balaban J connectivity index is 1.78. The van der Waals surface area contributed by atoms with Gasteiger partial charge in [0.1, 0.15) is 25.2 Å². The number of halogens is 1. The highest BCUT2D eigenvalue weighted by atomic mass is 19.1. The normalized spacial score (nSPS) is 21.4. The predicted octanol–water partition coefficient (Wildman–Crippen LogP) is 5.10. The number of anilines is 1. The van der Waals surface area contributed by atoms with Gasteiger partial charge >= 0.3 is 0 Å². The second kappa shape index (κ2) is 8.68. The van der Waals surface area contributed by atoms with E-state index in [1.54, 1.807) is 46.4 Å². The first-order valence-electron chi connectivity index (χ1n) is 12.5. The van der Waals surface area contributed by atoms with Gasteiger partial charge in [0.25, 0.3) is 0 Å². The van der Waals surface area contributed by atoms with Crippen molar-refractivity contribution in [2.24, 2.45) is 5.41 Å². The van der Waals surface area contributed by atoms with Crippen molar-refractivity contribution in [1.29, 1.82) is 5.26 Å². The number of aromatic nitrogens is 4. The molecular formula is C28H30FN7. The van der Waals surface area contributed by atoms with Gasteiger partial charge in [0.2, 0.25) is 0 Å². The van der Waals surface area contributed by atoms with E-state index in [2.05, 4.69) is 55.6 Å². The average Bonchev–Trinajstić information content (AvgIpc) is 3.26. The fraction of sp³-hybridized carbons (Fsp3) is 0.357. The molecule has 1 N–H and O–H groups in total. The maximum atomic E-state index is 15.2. The van der Waals surface area contributed by atoms with Crippen LogP contribution >= 0.6 is 0 Å². The van der Waals surface area contributed by atoms with Crippen LogP contribution in [-0.2, 0) is 0 Å². The molecule has 4 aromatic rings. The average molecular weight is 485 g/mol. The quantitative estimate of drug-likeness (QED) is 0.436. The summed E-state index contributed by atoms with van der Waals surface area (Å²) in [6, 6.07) is 12.1. The highest BCUT2D eigenvalue weighted by Crippen LogP contribution is 2.41. The molecule has 1 fully saturated rings. The lowest BCUT2D eigenvalue weighted by Crippen LogP contribution is -2.67. The van der Waals surface area contributed by atoms with Gasteiger partial charge in [-0.1, -0.05) is 39.0 Å². The predicted molar refractivity (Wildman–Crippen MR) is 139 cm³/mol. The molecule has 1 saturated heterocycles. The molecule has 0 spiro atoms. The summed E-state index contributed by atoms with van der Waals surface area (Å²) < 4.78 is 25.7. The minimum absolute atomic E-state index is 0.0112. The molecule has 0 bridgehead atoms. The smallest absolute Gasteiger partial charge is 0.151 e. The van der Waals surface area contributed by atoms with Crippen LogP contribution in [-0.4, -0.2) is 44.2 Å². The molecule has 184 valence electrons. The van der Waals surface area contributed by atoms with Crippen molar-refractivity contribution in [1.82, 2.24) is 24.8 Å². The molecule has 2 atom stereocenters. The van der Waals surface area contributed by atoms with Crippen molar-refractivity contribution in [2.75, 3.05) is 18.0 Å². The molecule has 0 amide bonds. The third kappa shape index (κ3) is 3.90. The summed E-state index contributed by atoms with van der Waals surface area (Å²) in [5.74, 6) is 0.855. The van der Waals surface area contributed by atoms with Gasteiger partial charge in [-0.15, -0.1) is 0 Å². The summed E-state index contributed by atoms with van der Waals surface area (Å²) in [4.78, 5) is 16.0. The third-order valence-electron chi connectivity index (χ3n) is 7.45. The molecule has 8 heteroatoms. The molecule has 5 rings (SSSR count). The number of nitrogens with zero attached hydrogens (tertiary/aromatic N) is 6. The molecule has 1 aliphatic rings. The largest absolute Gasteiger partial charge is 0.350 e. The van der Waals surface area contributed by atoms with Crippen LogP contribution in [0.25, 0.3) is 28.0 Å². The Morgan fingerprint density at radius 3 is 2.69 bits per heavy atom. The second-order valence-electron chi connectivity index (χ2n) is 10.6. The number of piperazine rings is 1. The first kappa shape index (κ1) is 22.6. The fourth-order valence-corrected chi connectivity index (χ4v) is 4.67.